The second-order valence-electron chi connectivity index (χ2n) is 6.48. The molecule has 0 saturated carbocycles. The highest BCUT2D eigenvalue weighted by Crippen LogP contribution is 2.32. The molecule has 6 nitrogen and oxygen atoms in total. The van der Waals surface area contributed by atoms with Crippen LogP contribution in [0.2, 0.25) is 0 Å². The number of nitrogens with zero attached hydrogens (tertiary/aromatic N) is 4. The van der Waals surface area contributed by atoms with Gasteiger partial charge >= 0.3 is 0 Å². The van der Waals surface area contributed by atoms with Gasteiger partial charge in [0, 0.05) is 18.2 Å². The summed E-state index contributed by atoms with van der Waals surface area (Å²) in [7, 11) is 0. The third-order valence-electron chi connectivity index (χ3n) is 4.67. The number of benzene rings is 1. The molecule has 130 valence electrons. The Morgan fingerprint density at radius 1 is 1.36 bits per heavy atom. The van der Waals surface area contributed by atoms with Gasteiger partial charge in [0.2, 0.25) is 0 Å². The maximum Gasteiger partial charge on any atom is 0.148 e. The number of phenols is 1. The molecule has 2 aromatic rings. The van der Waals surface area contributed by atoms with Crippen molar-refractivity contribution >= 4 is 5.82 Å². The largest absolute Gasteiger partial charge is 0.507 e. The first-order chi connectivity index (χ1) is 12.1. The van der Waals surface area contributed by atoms with Crippen LogP contribution >= 0.6 is 0 Å². The van der Waals surface area contributed by atoms with E-state index in [4.69, 9.17) is 5.26 Å². The quantitative estimate of drug-likeness (QED) is 0.892. The molecule has 0 amide bonds. The molecule has 0 unspecified atom stereocenters. The highest BCUT2D eigenvalue weighted by atomic mass is 16.3. The number of aryl methyl sites for hydroxylation is 1. The summed E-state index contributed by atoms with van der Waals surface area (Å²) in [6.45, 7) is 7.29. The van der Waals surface area contributed by atoms with E-state index in [1.165, 1.54) is 12.5 Å². The van der Waals surface area contributed by atoms with Gasteiger partial charge in [0.15, 0.2) is 0 Å². The number of rotatable bonds is 4. The predicted octanol–water partition coefficient (Wildman–Crippen LogP) is 2.93. The van der Waals surface area contributed by atoms with Crippen molar-refractivity contribution in [1.82, 2.24) is 15.1 Å². The van der Waals surface area contributed by atoms with Crippen molar-refractivity contribution in [2.75, 3.05) is 25.0 Å². The van der Waals surface area contributed by atoms with Crippen LogP contribution in [0.4, 0.5) is 5.82 Å². The van der Waals surface area contributed by atoms with Gasteiger partial charge in [0.25, 0.3) is 0 Å². The zero-order valence-corrected chi connectivity index (χ0v) is 14.7. The number of nitriles is 1. The second kappa shape index (κ2) is 7.49. The molecule has 0 aliphatic carbocycles. The van der Waals surface area contributed by atoms with E-state index in [1.807, 2.05) is 25.1 Å². The molecule has 1 aromatic carbocycles. The normalized spacial score (nSPS) is 17.9. The van der Waals surface area contributed by atoms with Crippen LogP contribution in [-0.2, 0) is 0 Å². The smallest absolute Gasteiger partial charge is 0.148 e. The zero-order valence-electron chi connectivity index (χ0n) is 14.7. The van der Waals surface area contributed by atoms with Gasteiger partial charge in [-0.25, -0.2) is 0 Å². The Hall–Kier alpha value is -2.65. The topological polar surface area (TPSA) is 85.1 Å². The van der Waals surface area contributed by atoms with Crippen LogP contribution < -0.4 is 5.32 Å². The molecule has 2 N–H and O–H groups in total. The summed E-state index contributed by atoms with van der Waals surface area (Å²) in [6, 6.07) is 9.37. The lowest BCUT2D eigenvalue weighted by atomic mass is 10.0. The third kappa shape index (κ3) is 3.89. The fourth-order valence-corrected chi connectivity index (χ4v) is 3.38. The average Bonchev–Trinajstić information content (AvgIpc) is 2.62. The third-order valence-corrected chi connectivity index (χ3v) is 4.67. The number of phenolic OH excluding ortho intramolecular Hbond substituents is 1. The molecule has 1 saturated heterocycles. The molecular formula is C19H23N5O. The van der Waals surface area contributed by atoms with Crippen LogP contribution in [0.5, 0.6) is 5.75 Å². The zero-order chi connectivity index (χ0) is 17.8. The van der Waals surface area contributed by atoms with E-state index >= 15 is 0 Å². The minimum absolute atomic E-state index is 0.0532. The minimum atomic E-state index is 0.0532. The molecule has 1 aliphatic heterocycles. The number of likely N-dealkylation sites (tertiary alicyclic amines) is 1. The van der Waals surface area contributed by atoms with Crippen LogP contribution in [0.1, 0.15) is 30.9 Å². The first-order valence-corrected chi connectivity index (χ1v) is 8.67. The minimum Gasteiger partial charge on any atom is -0.507 e. The lowest BCUT2D eigenvalue weighted by Gasteiger charge is -2.32. The predicted molar refractivity (Wildman–Crippen MR) is 97.3 cm³/mol. The van der Waals surface area contributed by atoms with Gasteiger partial charge < -0.3 is 15.3 Å². The number of anilines is 1. The standard InChI is InChI=1S/C19H23N5O/c1-3-24-8-4-5-15(12-24)21-18-7-6-16(22-23-18)19-13(2)9-14(11-20)10-17(19)25/h6-7,9-10,15,25H,3-5,8,12H2,1-2H3,(H,21,23)/t15-/m1/s1. The van der Waals surface area contributed by atoms with E-state index < -0.39 is 0 Å². The molecule has 1 aliphatic rings. The Morgan fingerprint density at radius 2 is 2.20 bits per heavy atom. The van der Waals surface area contributed by atoms with E-state index in [1.54, 1.807) is 6.07 Å². The van der Waals surface area contributed by atoms with Crippen molar-refractivity contribution in [3.8, 4) is 23.1 Å². The lowest BCUT2D eigenvalue weighted by Crippen LogP contribution is -2.42. The molecule has 0 bridgehead atoms. The Labute approximate surface area is 148 Å². The summed E-state index contributed by atoms with van der Waals surface area (Å²) in [5.74, 6) is 0.801. The van der Waals surface area contributed by atoms with Crippen molar-refractivity contribution in [2.45, 2.75) is 32.7 Å². The van der Waals surface area contributed by atoms with Gasteiger partial charge in [-0.1, -0.05) is 6.92 Å². The second-order valence-corrected chi connectivity index (χ2v) is 6.48. The van der Waals surface area contributed by atoms with Crippen LogP contribution in [0.3, 0.4) is 0 Å². The Morgan fingerprint density at radius 3 is 2.84 bits per heavy atom. The summed E-state index contributed by atoms with van der Waals surface area (Å²) in [4.78, 5) is 2.43. The van der Waals surface area contributed by atoms with E-state index in [2.05, 4.69) is 27.3 Å². The van der Waals surface area contributed by atoms with E-state index in [0.717, 1.165) is 37.4 Å². The molecule has 6 heteroatoms. The molecule has 0 radical (unpaired) electrons. The summed E-state index contributed by atoms with van der Waals surface area (Å²) in [5.41, 5.74) is 2.46. The summed E-state index contributed by atoms with van der Waals surface area (Å²) in [5, 5.41) is 31.2. The van der Waals surface area contributed by atoms with Crippen molar-refractivity contribution in [2.24, 2.45) is 0 Å². The molecule has 2 heterocycles. The number of nitrogens with one attached hydrogen (secondary N) is 1. The van der Waals surface area contributed by atoms with Crippen molar-refractivity contribution in [1.29, 1.82) is 5.26 Å². The number of piperidine rings is 1. The molecule has 25 heavy (non-hydrogen) atoms. The number of hydrogen-bond acceptors (Lipinski definition) is 6. The first-order valence-electron chi connectivity index (χ1n) is 8.67. The maximum absolute atomic E-state index is 10.2. The number of aromatic nitrogens is 2. The summed E-state index contributed by atoms with van der Waals surface area (Å²) in [6.07, 6.45) is 2.32. The molecule has 3 rings (SSSR count). The van der Waals surface area contributed by atoms with Crippen LogP contribution in [0.15, 0.2) is 24.3 Å². The van der Waals surface area contributed by atoms with Crippen LogP contribution in [0, 0.1) is 18.3 Å². The van der Waals surface area contributed by atoms with Gasteiger partial charge in [-0.05, 0) is 62.7 Å². The van der Waals surface area contributed by atoms with Gasteiger partial charge in [-0.2, -0.15) is 5.26 Å². The van der Waals surface area contributed by atoms with Crippen LogP contribution in [-0.4, -0.2) is 45.9 Å². The fourth-order valence-electron chi connectivity index (χ4n) is 3.38. The van der Waals surface area contributed by atoms with Crippen molar-refractivity contribution in [3.05, 3.63) is 35.4 Å². The van der Waals surface area contributed by atoms with E-state index in [0.29, 0.717) is 22.9 Å². The molecular weight excluding hydrogens is 314 g/mol. The Bertz CT molecular complexity index is 758. The number of likely N-dealkylation sites (N-methyl/N-ethyl adjacent to an activating group) is 1. The van der Waals surface area contributed by atoms with Gasteiger partial charge in [-0.15, -0.1) is 10.2 Å². The van der Waals surface area contributed by atoms with Crippen LogP contribution in [0.25, 0.3) is 11.3 Å². The number of aromatic hydroxyl groups is 1. The summed E-state index contributed by atoms with van der Waals surface area (Å²) < 4.78 is 0. The molecule has 1 atom stereocenters. The lowest BCUT2D eigenvalue weighted by molar-refractivity contribution is 0.226. The highest BCUT2D eigenvalue weighted by molar-refractivity contribution is 5.72. The highest BCUT2D eigenvalue weighted by Gasteiger charge is 2.19. The Balaban J connectivity index is 1.76. The van der Waals surface area contributed by atoms with Crippen molar-refractivity contribution in [3.63, 3.8) is 0 Å². The fraction of sp³-hybridized carbons (Fsp3) is 0.421. The van der Waals surface area contributed by atoms with Gasteiger partial charge in [0.1, 0.15) is 11.6 Å². The van der Waals surface area contributed by atoms with Gasteiger partial charge in [-0.3, -0.25) is 0 Å². The SMILES string of the molecule is CCN1CCC[C@@H](Nc2ccc(-c3c(C)cc(C#N)cc3O)nn2)C1. The van der Waals surface area contributed by atoms with E-state index in [-0.39, 0.29) is 5.75 Å². The Kier molecular flexibility index (Phi) is 5.15. The average molecular weight is 337 g/mol. The summed E-state index contributed by atoms with van der Waals surface area (Å²) >= 11 is 0. The van der Waals surface area contributed by atoms with E-state index in [9.17, 15) is 5.11 Å². The molecule has 1 fully saturated rings. The maximum atomic E-state index is 10.2. The molecule has 0 spiro atoms. The first kappa shape index (κ1) is 17.2. The molecule has 1 aromatic heterocycles. The van der Waals surface area contributed by atoms with Gasteiger partial charge in [0.05, 0.1) is 17.3 Å². The van der Waals surface area contributed by atoms with Crippen molar-refractivity contribution < 1.29 is 5.11 Å². The monoisotopic (exact) mass is 337 g/mol. The number of hydrogen-bond donors (Lipinski definition) is 2.